The fourth-order valence-electron chi connectivity index (χ4n) is 5.53. The van der Waals surface area contributed by atoms with E-state index in [1.807, 2.05) is 41.3 Å². The van der Waals surface area contributed by atoms with Crippen LogP contribution < -0.4 is 14.2 Å². The molecule has 0 bridgehead atoms. The monoisotopic (exact) mass is 819 g/mol. The Morgan fingerprint density at radius 2 is 1.71 bits per heavy atom. The minimum Gasteiger partial charge on any atom is -0.492 e. The molecule has 0 amide bonds. The minimum absolute atomic E-state index is 0.107. The van der Waals surface area contributed by atoms with Crippen LogP contribution in [0.4, 0.5) is 0 Å². The van der Waals surface area contributed by atoms with Gasteiger partial charge in [0.1, 0.15) is 42.6 Å². The second-order valence-corrected chi connectivity index (χ2v) is 13.5. The summed E-state index contributed by atoms with van der Waals surface area (Å²) in [4.78, 5) is 18.1. The van der Waals surface area contributed by atoms with Gasteiger partial charge < -0.3 is 19.3 Å². The lowest BCUT2D eigenvalue weighted by atomic mass is 10.0. The molecule has 0 spiro atoms. The van der Waals surface area contributed by atoms with Crippen LogP contribution in [0.3, 0.4) is 0 Å². The fraction of sp³-hybridized carbons (Fsp3) is 0.306. The molecule has 1 aliphatic heterocycles. The van der Waals surface area contributed by atoms with E-state index in [0.29, 0.717) is 69.6 Å². The molecule has 0 radical (unpaired) electrons. The highest BCUT2D eigenvalue weighted by Crippen LogP contribution is 2.41. The number of carboxylic acids is 1. The predicted octanol–water partition coefficient (Wildman–Crippen LogP) is 9.38. The third-order valence-electron chi connectivity index (χ3n) is 7.96. The lowest BCUT2D eigenvalue weighted by Gasteiger charge is -2.33. The van der Waals surface area contributed by atoms with Crippen molar-refractivity contribution < 1.29 is 24.1 Å². The van der Waals surface area contributed by atoms with Crippen molar-refractivity contribution in [2.24, 2.45) is 0 Å². The minimum atomic E-state index is -0.849. The van der Waals surface area contributed by atoms with Crippen LogP contribution in [0.2, 0.25) is 15.1 Å². The van der Waals surface area contributed by atoms with Gasteiger partial charge in [-0.05, 0) is 44.0 Å². The lowest BCUT2D eigenvalue weighted by Crippen LogP contribution is -2.44. The molecule has 3 aromatic carbocycles. The summed E-state index contributed by atoms with van der Waals surface area (Å²) in [6, 6.07) is 18.0. The average Bonchev–Trinajstić information content (AvgIpc) is 3.09. The first-order chi connectivity index (χ1) is 23.3. The van der Waals surface area contributed by atoms with Crippen molar-refractivity contribution in [1.29, 1.82) is 5.26 Å². The molecule has 4 aromatic rings. The number of aliphatic carboxylic acids is 1. The van der Waals surface area contributed by atoms with E-state index in [4.69, 9.17) is 49.0 Å². The average molecular weight is 821 g/mol. The Morgan fingerprint density at radius 3 is 2.48 bits per heavy atom. The number of aromatic nitrogens is 1. The number of nitrogens with zero attached hydrogens (tertiary/aromatic N) is 3. The maximum atomic E-state index is 12.0. The molecule has 48 heavy (non-hydrogen) atoms. The summed E-state index contributed by atoms with van der Waals surface area (Å²) in [5, 5.41) is 20.5. The van der Waals surface area contributed by atoms with Crippen LogP contribution in [-0.2, 0) is 24.6 Å². The smallest absolute Gasteiger partial charge is 0.320 e. The van der Waals surface area contributed by atoms with Crippen LogP contribution >= 0.6 is 57.4 Å². The number of pyridine rings is 1. The number of ether oxygens (including phenoxy) is 3. The fourth-order valence-corrected chi connectivity index (χ4v) is 6.65. The number of likely N-dealkylation sites (tertiary alicyclic amines) is 1. The molecular formula is C36H33Cl3IN3O5. The molecule has 8 nitrogen and oxygen atoms in total. The number of piperidine rings is 1. The van der Waals surface area contributed by atoms with Crippen molar-refractivity contribution in [3.8, 4) is 34.4 Å². The summed E-state index contributed by atoms with van der Waals surface area (Å²) in [5.74, 6) is 0.611. The molecule has 1 N–H and O–H groups in total. The number of carbonyl (C=O) groups is 1. The SMILES string of the molecule is N#Cc1cncc(COc2cc(OCc3cccc(-c4cccc(OCCCI)c4Cl)c3Cl)c(Cl)cc2CN2CCCC[C@H]2C(=O)O)c1. The van der Waals surface area contributed by atoms with E-state index >= 15 is 0 Å². The van der Waals surface area contributed by atoms with E-state index in [0.717, 1.165) is 45.9 Å². The summed E-state index contributed by atoms with van der Waals surface area (Å²) in [6.07, 6.45) is 6.37. The first kappa shape index (κ1) is 36.0. The zero-order valence-corrected chi connectivity index (χ0v) is 30.4. The molecule has 5 rings (SSSR count). The van der Waals surface area contributed by atoms with Gasteiger partial charge in [-0.25, -0.2) is 0 Å². The van der Waals surface area contributed by atoms with Crippen LogP contribution in [0.5, 0.6) is 17.2 Å². The largest absolute Gasteiger partial charge is 0.492 e. The van der Waals surface area contributed by atoms with E-state index in [1.54, 1.807) is 24.4 Å². The van der Waals surface area contributed by atoms with Crippen molar-refractivity contribution in [3.63, 3.8) is 0 Å². The van der Waals surface area contributed by atoms with Gasteiger partial charge in [0.2, 0.25) is 0 Å². The number of carboxylic acid groups (broad SMARTS) is 1. The highest BCUT2D eigenvalue weighted by molar-refractivity contribution is 14.1. The van der Waals surface area contributed by atoms with Gasteiger partial charge in [-0.1, -0.05) is 94.1 Å². The molecule has 1 saturated heterocycles. The summed E-state index contributed by atoms with van der Waals surface area (Å²) < 4.78 is 19.4. The van der Waals surface area contributed by atoms with Crippen molar-refractivity contribution in [1.82, 2.24) is 9.88 Å². The lowest BCUT2D eigenvalue weighted by molar-refractivity contribution is -0.144. The number of halogens is 4. The van der Waals surface area contributed by atoms with Gasteiger partial charge in [-0.2, -0.15) is 5.26 Å². The van der Waals surface area contributed by atoms with E-state index in [9.17, 15) is 15.2 Å². The van der Waals surface area contributed by atoms with Gasteiger partial charge in [0.25, 0.3) is 0 Å². The predicted molar refractivity (Wildman–Crippen MR) is 196 cm³/mol. The Bertz CT molecular complexity index is 1800. The van der Waals surface area contributed by atoms with Gasteiger partial charge >= 0.3 is 5.97 Å². The van der Waals surface area contributed by atoms with Crippen LogP contribution in [-0.4, -0.2) is 44.6 Å². The highest BCUT2D eigenvalue weighted by Gasteiger charge is 2.29. The Morgan fingerprint density at radius 1 is 0.938 bits per heavy atom. The van der Waals surface area contributed by atoms with Crippen molar-refractivity contribution >= 4 is 63.4 Å². The molecule has 250 valence electrons. The Balaban J connectivity index is 1.40. The summed E-state index contributed by atoms with van der Waals surface area (Å²) >= 11 is 22.8. The maximum absolute atomic E-state index is 12.0. The number of hydrogen-bond donors (Lipinski definition) is 1. The van der Waals surface area contributed by atoms with Crippen molar-refractivity contribution in [2.45, 2.75) is 51.5 Å². The van der Waals surface area contributed by atoms with Crippen LogP contribution in [0.25, 0.3) is 11.1 Å². The molecular weight excluding hydrogens is 788 g/mol. The second kappa shape index (κ2) is 17.4. The Hall–Kier alpha value is -3.27. The number of alkyl halides is 1. The molecule has 2 heterocycles. The normalized spacial score (nSPS) is 14.7. The van der Waals surface area contributed by atoms with Gasteiger partial charge in [-0.15, -0.1) is 0 Å². The Kier molecular flexibility index (Phi) is 13.1. The van der Waals surface area contributed by atoms with Crippen LogP contribution in [0.15, 0.2) is 67.0 Å². The number of nitriles is 1. The molecule has 1 fully saturated rings. The molecule has 1 aromatic heterocycles. The number of benzene rings is 3. The van der Waals surface area contributed by atoms with Crippen LogP contribution in [0.1, 0.15) is 47.9 Å². The molecule has 0 aliphatic carbocycles. The summed E-state index contributed by atoms with van der Waals surface area (Å²) in [5.41, 5.74) is 4.07. The van der Waals surface area contributed by atoms with Gasteiger partial charge in [-0.3, -0.25) is 14.7 Å². The van der Waals surface area contributed by atoms with Crippen molar-refractivity contribution in [2.75, 3.05) is 17.6 Å². The number of hydrogen-bond acceptors (Lipinski definition) is 7. The van der Waals surface area contributed by atoms with E-state index < -0.39 is 12.0 Å². The van der Waals surface area contributed by atoms with E-state index in [2.05, 4.69) is 33.6 Å². The molecule has 12 heteroatoms. The van der Waals surface area contributed by atoms with Gasteiger partial charge in [0.15, 0.2) is 0 Å². The van der Waals surface area contributed by atoms with Crippen molar-refractivity contribution in [3.05, 3.63) is 104 Å². The topological polar surface area (TPSA) is 105 Å². The zero-order valence-electron chi connectivity index (χ0n) is 25.9. The van der Waals surface area contributed by atoms with Gasteiger partial charge in [0.05, 0.1) is 27.2 Å². The Labute approximate surface area is 308 Å². The third kappa shape index (κ3) is 9.04. The quantitative estimate of drug-likeness (QED) is 0.0763. The molecule has 1 atom stereocenters. The second-order valence-electron chi connectivity index (χ2n) is 11.3. The third-order valence-corrected chi connectivity index (χ3v) is 9.85. The number of rotatable bonds is 14. The van der Waals surface area contributed by atoms with Gasteiger partial charge in [0, 0.05) is 57.2 Å². The molecule has 0 unspecified atom stereocenters. The summed E-state index contributed by atoms with van der Waals surface area (Å²) in [6.45, 7) is 1.79. The van der Waals surface area contributed by atoms with Crippen LogP contribution in [0, 0.1) is 11.3 Å². The standard InChI is InChI=1S/C36H33Cl3IN3O5/c37-29-15-26(20-43-12-2-1-9-30(43)36(44)45)32(47-21-24-14-23(17-41)18-42-19-24)16-33(29)48-22-25-6-3-7-27(34(25)38)28-8-4-10-31(35(28)39)46-13-5-11-40/h3-4,6-8,10,14-16,18-19,30H,1-2,5,9,11-13,20-22H2,(H,44,45)/t30-/m0/s1. The zero-order chi connectivity index (χ0) is 34.0. The molecule has 0 saturated carbocycles. The summed E-state index contributed by atoms with van der Waals surface area (Å²) in [7, 11) is 0. The molecule has 1 aliphatic rings. The highest BCUT2D eigenvalue weighted by atomic mass is 127. The first-order valence-corrected chi connectivity index (χ1v) is 18.1. The first-order valence-electron chi connectivity index (χ1n) is 15.4. The maximum Gasteiger partial charge on any atom is 0.320 e. The van der Waals surface area contributed by atoms with E-state index in [-0.39, 0.29) is 13.2 Å². The van der Waals surface area contributed by atoms with E-state index in [1.165, 1.54) is 6.20 Å².